The Hall–Kier alpha value is -2.11. The van der Waals surface area contributed by atoms with Crippen molar-refractivity contribution >= 4 is 11.8 Å². The van der Waals surface area contributed by atoms with Crippen LogP contribution in [0.3, 0.4) is 0 Å². The first-order valence-corrected chi connectivity index (χ1v) is 5.41. The second kappa shape index (κ2) is 4.82. The average molecular weight is 235 g/mol. The molecule has 0 radical (unpaired) electrons. The van der Waals surface area contributed by atoms with Gasteiger partial charge in [0.25, 0.3) is 5.91 Å². The van der Waals surface area contributed by atoms with Gasteiger partial charge >= 0.3 is 0 Å². The molecule has 6 heteroatoms. The van der Waals surface area contributed by atoms with Crippen LogP contribution >= 0.6 is 0 Å². The van der Waals surface area contributed by atoms with Crippen LogP contribution in [0.15, 0.2) is 23.1 Å². The molecule has 0 unspecified atom stereocenters. The highest BCUT2D eigenvalue weighted by Crippen LogP contribution is 2.18. The number of carbonyl (C=O) groups excluding carboxylic acids is 2. The van der Waals surface area contributed by atoms with Crippen LogP contribution in [0, 0.1) is 0 Å². The molecule has 2 rings (SSSR count). The zero-order valence-electron chi connectivity index (χ0n) is 9.16. The molecule has 0 saturated heterocycles. The maximum absolute atomic E-state index is 11.5. The van der Waals surface area contributed by atoms with Gasteiger partial charge < -0.3 is 15.6 Å². The van der Waals surface area contributed by atoms with Crippen LogP contribution in [-0.2, 0) is 4.79 Å². The Labute approximate surface area is 97.4 Å². The lowest BCUT2D eigenvalue weighted by atomic mass is 10.2. The van der Waals surface area contributed by atoms with E-state index >= 15 is 0 Å². The molecule has 1 fully saturated rings. The highest BCUT2D eigenvalue weighted by Gasteiger charge is 2.23. The van der Waals surface area contributed by atoms with Gasteiger partial charge in [-0.3, -0.25) is 14.4 Å². The molecule has 1 saturated carbocycles. The fourth-order valence-electron chi connectivity index (χ4n) is 1.32. The van der Waals surface area contributed by atoms with Crippen molar-refractivity contribution in [2.45, 2.75) is 18.9 Å². The number of aromatic amines is 1. The zero-order chi connectivity index (χ0) is 12.3. The number of H-pyrrole nitrogens is 1. The summed E-state index contributed by atoms with van der Waals surface area (Å²) in [4.78, 5) is 36.0. The maximum atomic E-state index is 11.5. The number of pyridine rings is 1. The van der Waals surface area contributed by atoms with Crippen molar-refractivity contribution in [2.24, 2.45) is 0 Å². The summed E-state index contributed by atoms with van der Waals surface area (Å²) >= 11 is 0. The highest BCUT2D eigenvalue weighted by molar-refractivity contribution is 5.96. The van der Waals surface area contributed by atoms with Gasteiger partial charge in [-0.15, -0.1) is 0 Å². The summed E-state index contributed by atoms with van der Waals surface area (Å²) < 4.78 is 0. The van der Waals surface area contributed by atoms with Gasteiger partial charge in [-0.05, 0) is 18.9 Å². The first kappa shape index (κ1) is 11.4. The topological polar surface area (TPSA) is 91.1 Å². The summed E-state index contributed by atoms with van der Waals surface area (Å²) in [6, 6.07) is 2.96. The molecule has 0 aromatic carbocycles. The summed E-state index contributed by atoms with van der Waals surface area (Å²) in [5.41, 5.74) is 0.0526. The minimum Gasteiger partial charge on any atom is -0.352 e. The van der Waals surface area contributed by atoms with Crippen LogP contribution in [0.2, 0.25) is 0 Å². The van der Waals surface area contributed by atoms with Crippen molar-refractivity contribution in [3.8, 4) is 0 Å². The zero-order valence-corrected chi connectivity index (χ0v) is 9.16. The second-order valence-electron chi connectivity index (χ2n) is 3.97. The Morgan fingerprint density at radius 3 is 2.71 bits per heavy atom. The lowest BCUT2D eigenvalue weighted by molar-refractivity contribution is -0.120. The SMILES string of the molecule is O=C(CNC(=O)c1ccc(=O)[nH]c1)NC1CC1. The van der Waals surface area contributed by atoms with Gasteiger partial charge in [0.1, 0.15) is 0 Å². The highest BCUT2D eigenvalue weighted by atomic mass is 16.2. The number of rotatable bonds is 4. The Morgan fingerprint density at radius 1 is 1.35 bits per heavy atom. The number of nitrogens with one attached hydrogen (secondary N) is 3. The first-order valence-electron chi connectivity index (χ1n) is 5.41. The summed E-state index contributed by atoms with van der Waals surface area (Å²) in [6.07, 6.45) is 3.34. The van der Waals surface area contributed by atoms with Gasteiger partial charge in [-0.25, -0.2) is 0 Å². The molecule has 90 valence electrons. The fraction of sp³-hybridized carbons (Fsp3) is 0.364. The summed E-state index contributed by atoms with van der Waals surface area (Å²) in [7, 11) is 0. The van der Waals surface area contributed by atoms with Gasteiger partial charge in [0.05, 0.1) is 12.1 Å². The quantitative estimate of drug-likeness (QED) is 0.649. The van der Waals surface area contributed by atoms with Crippen LogP contribution < -0.4 is 16.2 Å². The predicted octanol–water partition coefficient (Wildman–Crippen LogP) is -0.617. The van der Waals surface area contributed by atoms with Crippen molar-refractivity contribution in [3.63, 3.8) is 0 Å². The third-order valence-electron chi connectivity index (χ3n) is 2.40. The normalized spacial score (nSPS) is 14.1. The summed E-state index contributed by atoms with van der Waals surface area (Å²) in [5.74, 6) is -0.572. The van der Waals surface area contributed by atoms with E-state index in [1.807, 2.05) is 0 Å². The second-order valence-corrected chi connectivity index (χ2v) is 3.97. The van der Waals surface area contributed by atoms with Gasteiger partial charge in [-0.2, -0.15) is 0 Å². The molecule has 1 aliphatic carbocycles. The van der Waals surface area contributed by atoms with Gasteiger partial charge in [-0.1, -0.05) is 0 Å². The molecule has 1 aromatic heterocycles. The molecule has 0 bridgehead atoms. The largest absolute Gasteiger partial charge is 0.352 e. The van der Waals surface area contributed by atoms with Gasteiger partial charge in [0.2, 0.25) is 11.5 Å². The lowest BCUT2D eigenvalue weighted by Gasteiger charge is -2.05. The number of hydrogen-bond acceptors (Lipinski definition) is 3. The Kier molecular flexibility index (Phi) is 3.22. The smallest absolute Gasteiger partial charge is 0.253 e. The summed E-state index contributed by atoms with van der Waals surface area (Å²) in [5, 5.41) is 5.24. The van der Waals surface area contributed by atoms with E-state index in [4.69, 9.17) is 0 Å². The van der Waals surface area contributed by atoms with E-state index in [0.29, 0.717) is 5.56 Å². The van der Waals surface area contributed by atoms with Crippen LogP contribution in [-0.4, -0.2) is 29.4 Å². The molecular weight excluding hydrogens is 222 g/mol. The van der Waals surface area contributed by atoms with Crippen LogP contribution in [0.5, 0.6) is 0 Å². The number of hydrogen-bond donors (Lipinski definition) is 3. The number of carbonyl (C=O) groups is 2. The summed E-state index contributed by atoms with van der Waals surface area (Å²) in [6.45, 7) is -0.0472. The molecule has 1 aromatic rings. The van der Waals surface area contributed by atoms with Crippen LogP contribution in [0.25, 0.3) is 0 Å². The molecular formula is C11H13N3O3. The number of aromatic nitrogens is 1. The van der Waals surface area contributed by atoms with E-state index in [0.717, 1.165) is 12.8 Å². The molecule has 3 N–H and O–H groups in total. The third-order valence-corrected chi connectivity index (χ3v) is 2.40. The lowest BCUT2D eigenvalue weighted by Crippen LogP contribution is -2.37. The van der Waals surface area contributed by atoms with Gasteiger partial charge in [0, 0.05) is 18.3 Å². The van der Waals surface area contributed by atoms with Crippen LogP contribution in [0.4, 0.5) is 0 Å². The van der Waals surface area contributed by atoms with E-state index in [1.165, 1.54) is 18.3 Å². The monoisotopic (exact) mass is 235 g/mol. The fourth-order valence-corrected chi connectivity index (χ4v) is 1.32. The van der Waals surface area contributed by atoms with Crippen molar-refractivity contribution < 1.29 is 9.59 Å². The van der Waals surface area contributed by atoms with E-state index in [1.54, 1.807) is 0 Å². The molecule has 0 aliphatic heterocycles. The first-order chi connectivity index (χ1) is 8.15. The van der Waals surface area contributed by atoms with E-state index in [2.05, 4.69) is 15.6 Å². The Bertz CT molecular complexity index is 470. The van der Waals surface area contributed by atoms with Crippen molar-refractivity contribution in [1.82, 2.24) is 15.6 Å². The Morgan fingerprint density at radius 2 is 2.12 bits per heavy atom. The minimum absolute atomic E-state index is 0.0472. The molecule has 1 heterocycles. The molecule has 1 aliphatic rings. The predicted molar refractivity (Wildman–Crippen MR) is 60.6 cm³/mol. The molecule has 17 heavy (non-hydrogen) atoms. The average Bonchev–Trinajstić information content (AvgIpc) is 3.11. The third kappa shape index (κ3) is 3.44. The van der Waals surface area contributed by atoms with E-state index in [-0.39, 0.29) is 30.0 Å². The minimum atomic E-state index is -0.382. The van der Waals surface area contributed by atoms with E-state index in [9.17, 15) is 14.4 Å². The molecule has 6 nitrogen and oxygen atoms in total. The standard InChI is InChI=1S/C11H13N3O3/c15-9-4-1-7(5-12-9)11(17)13-6-10(16)14-8-2-3-8/h1,4-5,8H,2-3,6H2,(H,12,15)(H,13,17)(H,14,16). The van der Waals surface area contributed by atoms with Gasteiger partial charge in [0.15, 0.2) is 0 Å². The number of amides is 2. The molecule has 2 amide bonds. The Balaban J connectivity index is 1.81. The van der Waals surface area contributed by atoms with E-state index < -0.39 is 0 Å². The van der Waals surface area contributed by atoms with Crippen LogP contribution in [0.1, 0.15) is 23.2 Å². The van der Waals surface area contributed by atoms with Crippen molar-refractivity contribution in [1.29, 1.82) is 0 Å². The maximum Gasteiger partial charge on any atom is 0.253 e. The van der Waals surface area contributed by atoms with Crippen molar-refractivity contribution in [2.75, 3.05) is 6.54 Å². The molecule has 0 spiro atoms. The van der Waals surface area contributed by atoms with Crippen molar-refractivity contribution in [3.05, 3.63) is 34.2 Å². The molecule has 0 atom stereocenters.